The van der Waals surface area contributed by atoms with Crippen molar-refractivity contribution in [3.05, 3.63) is 35.1 Å². The third-order valence-electron chi connectivity index (χ3n) is 1.52. The van der Waals surface area contributed by atoms with E-state index in [0.717, 1.165) is 0 Å². The van der Waals surface area contributed by atoms with Gasteiger partial charge >= 0.3 is 5.97 Å². The number of halogens is 3. The minimum Gasteiger partial charge on any atom is -0.462 e. The van der Waals surface area contributed by atoms with Gasteiger partial charge in [-0.05, 0) is 19.1 Å². The highest BCUT2D eigenvalue weighted by Gasteiger charge is 2.21. The maximum atomic E-state index is 12.9. The Bertz CT molecular complexity index is 363. The van der Waals surface area contributed by atoms with Crippen molar-refractivity contribution in [2.45, 2.75) is 6.92 Å². The molecule has 76 valence electrons. The summed E-state index contributed by atoms with van der Waals surface area (Å²) in [5.74, 6) is -5.15. The molecule has 0 atom stereocenters. The third kappa shape index (κ3) is 1.86. The molecule has 5 heteroatoms. The molecular weight excluding hydrogens is 197 g/mol. The van der Waals surface area contributed by atoms with E-state index in [1.54, 1.807) is 0 Å². The lowest BCUT2D eigenvalue weighted by molar-refractivity contribution is 0.0514. The fourth-order valence-electron chi connectivity index (χ4n) is 0.917. The largest absolute Gasteiger partial charge is 0.462 e. The minimum atomic E-state index is -1.52. The van der Waals surface area contributed by atoms with E-state index in [2.05, 4.69) is 4.74 Å². The van der Waals surface area contributed by atoms with Crippen LogP contribution in [-0.2, 0) is 4.74 Å². The molecule has 0 fully saturated rings. The van der Waals surface area contributed by atoms with Gasteiger partial charge in [-0.15, -0.1) is 0 Å². The van der Waals surface area contributed by atoms with E-state index >= 15 is 0 Å². The smallest absolute Gasteiger partial charge is 0.344 e. The van der Waals surface area contributed by atoms with Crippen molar-refractivity contribution >= 4 is 5.97 Å². The molecule has 0 saturated heterocycles. The molecular formula is C9H7F3O2. The van der Waals surface area contributed by atoms with Crippen LogP contribution in [0.1, 0.15) is 17.3 Å². The van der Waals surface area contributed by atoms with Crippen molar-refractivity contribution in [2.24, 2.45) is 0 Å². The number of hydrogen-bond donors (Lipinski definition) is 0. The molecule has 0 aliphatic carbocycles. The Hall–Kier alpha value is -1.52. The zero-order valence-corrected chi connectivity index (χ0v) is 7.31. The Kier molecular flexibility index (Phi) is 3.11. The maximum Gasteiger partial charge on any atom is 0.344 e. The second kappa shape index (κ2) is 4.13. The van der Waals surface area contributed by atoms with Crippen LogP contribution >= 0.6 is 0 Å². The van der Waals surface area contributed by atoms with E-state index in [9.17, 15) is 18.0 Å². The Balaban J connectivity index is 3.18. The van der Waals surface area contributed by atoms with Gasteiger partial charge in [-0.2, -0.15) is 0 Å². The fraction of sp³-hybridized carbons (Fsp3) is 0.222. The van der Waals surface area contributed by atoms with Crippen molar-refractivity contribution in [1.29, 1.82) is 0 Å². The van der Waals surface area contributed by atoms with Gasteiger partial charge in [0.1, 0.15) is 11.4 Å². The van der Waals surface area contributed by atoms with Crippen LogP contribution in [0.15, 0.2) is 12.1 Å². The average molecular weight is 204 g/mol. The van der Waals surface area contributed by atoms with E-state index < -0.39 is 29.0 Å². The monoisotopic (exact) mass is 204 g/mol. The summed E-state index contributed by atoms with van der Waals surface area (Å²) < 4.78 is 42.8. The molecule has 0 saturated carbocycles. The fourth-order valence-corrected chi connectivity index (χ4v) is 0.917. The molecule has 0 amide bonds. The van der Waals surface area contributed by atoms with E-state index in [-0.39, 0.29) is 6.61 Å². The van der Waals surface area contributed by atoms with Gasteiger partial charge in [0.05, 0.1) is 6.61 Å². The standard InChI is InChI=1S/C9H7F3O2/c1-2-14-9(13)7-5(10)3-4-6(11)8(7)12/h3-4H,2H2,1H3. The van der Waals surface area contributed by atoms with Crippen LogP contribution in [-0.4, -0.2) is 12.6 Å². The topological polar surface area (TPSA) is 26.3 Å². The summed E-state index contributed by atoms with van der Waals surface area (Å²) in [7, 11) is 0. The predicted molar refractivity (Wildman–Crippen MR) is 42.3 cm³/mol. The van der Waals surface area contributed by atoms with E-state index in [1.807, 2.05) is 0 Å². The second-order valence-electron chi connectivity index (χ2n) is 2.44. The molecule has 14 heavy (non-hydrogen) atoms. The normalized spacial score (nSPS) is 10.0. The van der Waals surface area contributed by atoms with E-state index in [4.69, 9.17) is 0 Å². The summed E-state index contributed by atoms with van der Waals surface area (Å²) in [4.78, 5) is 11.0. The van der Waals surface area contributed by atoms with Gasteiger partial charge in [-0.1, -0.05) is 0 Å². The summed E-state index contributed by atoms with van der Waals surface area (Å²) in [6.45, 7) is 1.45. The molecule has 0 aromatic heterocycles. The molecule has 0 N–H and O–H groups in total. The second-order valence-corrected chi connectivity index (χ2v) is 2.44. The van der Waals surface area contributed by atoms with E-state index in [0.29, 0.717) is 12.1 Å². The van der Waals surface area contributed by atoms with Gasteiger partial charge in [0.2, 0.25) is 0 Å². The summed E-state index contributed by atoms with van der Waals surface area (Å²) in [5, 5.41) is 0. The highest BCUT2D eigenvalue weighted by Crippen LogP contribution is 2.16. The number of carbonyl (C=O) groups excluding carboxylic acids is 1. The van der Waals surface area contributed by atoms with Gasteiger partial charge in [-0.3, -0.25) is 0 Å². The van der Waals surface area contributed by atoms with Crippen molar-refractivity contribution in [3.63, 3.8) is 0 Å². The lowest BCUT2D eigenvalue weighted by atomic mass is 10.2. The van der Waals surface area contributed by atoms with E-state index in [1.165, 1.54) is 6.92 Å². The van der Waals surface area contributed by atoms with Crippen LogP contribution in [0.5, 0.6) is 0 Å². The van der Waals surface area contributed by atoms with Crippen LogP contribution in [0.3, 0.4) is 0 Å². The first-order valence-corrected chi connectivity index (χ1v) is 3.88. The predicted octanol–water partition coefficient (Wildman–Crippen LogP) is 2.28. The molecule has 0 bridgehead atoms. The first kappa shape index (κ1) is 10.6. The molecule has 1 rings (SSSR count). The number of ether oxygens (including phenoxy) is 1. The quantitative estimate of drug-likeness (QED) is 0.545. The first-order valence-electron chi connectivity index (χ1n) is 3.88. The molecule has 1 aromatic rings. The lowest BCUT2D eigenvalue weighted by Gasteiger charge is -2.04. The van der Waals surface area contributed by atoms with Crippen LogP contribution in [0, 0.1) is 17.5 Å². The molecule has 2 nitrogen and oxygen atoms in total. The van der Waals surface area contributed by atoms with Crippen molar-refractivity contribution in [1.82, 2.24) is 0 Å². The van der Waals surface area contributed by atoms with Crippen LogP contribution in [0.2, 0.25) is 0 Å². The number of rotatable bonds is 2. The molecule has 0 radical (unpaired) electrons. The SMILES string of the molecule is CCOC(=O)c1c(F)ccc(F)c1F. The Labute approximate surface area is 78.3 Å². The first-order chi connectivity index (χ1) is 6.57. The Morgan fingerprint density at radius 2 is 1.86 bits per heavy atom. The van der Waals surface area contributed by atoms with Gasteiger partial charge in [0.25, 0.3) is 0 Å². The zero-order valence-electron chi connectivity index (χ0n) is 7.31. The molecule has 0 aliphatic heterocycles. The average Bonchev–Trinajstić information content (AvgIpc) is 2.13. The van der Waals surface area contributed by atoms with Crippen LogP contribution < -0.4 is 0 Å². The van der Waals surface area contributed by atoms with Crippen LogP contribution in [0.4, 0.5) is 13.2 Å². The van der Waals surface area contributed by atoms with Gasteiger partial charge in [-0.25, -0.2) is 18.0 Å². The molecule has 0 unspecified atom stereocenters. The maximum absolute atomic E-state index is 12.9. The molecule has 0 aliphatic rings. The van der Waals surface area contributed by atoms with Gasteiger partial charge < -0.3 is 4.74 Å². The van der Waals surface area contributed by atoms with Crippen molar-refractivity contribution in [2.75, 3.05) is 6.61 Å². The summed E-state index contributed by atoms with van der Waals surface area (Å²) >= 11 is 0. The Morgan fingerprint density at radius 3 is 2.43 bits per heavy atom. The summed E-state index contributed by atoms with van der Waals surface area (Å²) in [5.41, 5.74) is -0.994. The highest BCUT2D eigenvalue weighted by atomic mass is 19.2. The van der Waals surface area contributed by atoms with Gasteiger partial charge in [0.15, 0.2) is 11.6 Å². The number of carbonyl (C=O) groups is 1. The van der Waals surface area contributed by atoms with Crippen molar-refractivity contribution < 1.29 is 22.7 Å². The highest BCUT2D eigenvalue weighted by molar-refractivity contribution is 5.90. The summed E-state index contributed by atoms with van der Waals surface area (Å²) in [6, 6.07) is 1.28. The Morgan fingerprint density at radius 1 is 1.29 bits per heavy atom. The molecule has 0 spiro atoms. The lowest BCUT2D eigenvalue weighted by Crippen LogP contribution is -2.11. The number of esters is 1. The minimum absolute atomic E-state index is 0.0335. The third-order valence-corrected chi connectivity index (χ3v) is 1.52. The summed E-state index contributed by atoms with van der Waals surface area (Å²) in [6.07, 6.45) is 0. The van der Waals surface area contributed by atoms with Crippen LogP contribution in [0.25, 0.3) is 0 Å². The molecule has 1 aromatic carbocycles. The van der Waals surface area contributed by atoms with Gasteiger partial charge in [0, 0.05) is 0 Å². The van der Waals surface area contributed by atoms with Crippen molar-refractivity contribution in [3.8, 4) is 0 Å². The molecule has 0 heterocycles. The number of benzene rings is 1. The number of hydrogen-bond acceptors (Lipinski definition) is 2. The zero-order chi connectivity index (χ0) is 10.7.